The van der Waals surface area contributed by atoms with E-state index in [0.29, 0.717) is 31.9 Å². The van der Waals surface area contributed by atoms with Crippen LogP contribution in [0.3, 0.4) is 0 Å². The summed E-state index contributed by atoms with van der Waals surface area (Å²) in [4.78, 5) is 23.9. The number of ether oxygens (including phenoxy) is 1. The molecule has 4 heterocycles. The molecule has 1 aromatic carbocycles. The predicted octanol–water partition coefficient (Wildman–Crippen LogP) is 2.64. The number of rotatable bonds is 5. The van der Waals surface area contributed by atoms with Crippen LogP contribution in [0.15, 0.2) is 48.7 Å². The fourth-order valence-corrected chi connectivity index (χ4v) is 3.61. The monoisotopic (exact) mass is 360 g/mol. The van der Waals surface area contributed by atoms with Gasteiger partial charge in [0.2, 0.25) is 0 Å². The second-order valence-corrected chi connectivity index (χ2v) is 7.03. The van der Waals surface area contributed by atoms with Crippen molar-refractivity contribution < 1.29 is 9.53 Å². The van der Waals surface area contributed by atoms with Gasteiger partial charge in [-0.3, -0.25) is 14.8 Å². The largest absolute Gasteiger partial charge is 0.377 e. The lowest BCUT2D eigenvalue weighted by Gasteiger charge is -2.28. The highest BCUT2D eigenvalue weighted by Crippen LogP contribution is 2.29. The molecule has 5 rings (SSSR count). The number of fused-ring (bicyclic) bond motifs is 2. The summed E-state index contributed by atoms with van der Waals surface area (Å²) in [5.74, 6) is 0.0432. The summed E-state index contributed by atoms with van der Waals surface area (Å²) in [5.41, 5.74) is 4.40. The number of para-hydroxylation sites is 1. The highest BCUT2D eigenvalue weighted by atomic mass is 16.5. The Labute approximate surface area is 157 Å². The van der Waals surface area contributed by atoms with Crippen LogP contribution in [-0.4, -0.2) is 46.6 Å². The van der Waals surface area contributed by atoms with Crippen molar-refractivity contribution in [1.29, 1.82) is 0 Å². The van der Waals surface area contributed by atoms with Crippen LogP contribution in [0.1, 0.15) is 21.7 Å². The van der Waals surface area contributed by atoms with Crippen molar-refractivity contribution in [3.05, 3.63) is 65.6 Å². The standard InChI is InChI=1S/C21H20N4O2/c26-21-20-18(24-16-12-27-13-16)7-9-22-19(20)11-25(21)10-8-15-6-5-14-3-1-2-4-17(14)23-15/h1-7,9,16H,8,10-13H2,(H,22,24). The van der Waals surface area contributed by atoms with Crippen LogP contribution in [0, 0.1) is 0 Å². The molecule has 0 unspecified atom stereocenters. The van der Waals surface area contributed by atoms with Crippen LogP contribution in [0.5, 0.6) is 0 Å². The van der Waals surface area contributed by atoms with Gasteiger partial charge < -0.3 is 15.0 Å². The zero-order chi connectivity index (χ0) is 18.2. The van der Waals surface area contributed by atoms with Crippen LogP contribution in [0.25, 0.3) is 10.9 Å². The molecule has 136 valence electrons. The SMILES string of the molecule is O=C1c2c(NC3COC3)ccnc2CN1CCc1ccc2ccccc2n1. The number of pyridine rings is 2. The lowest BCUT2D eigenvalue weighted by molar-refractivity contribution is 0.0210. The van der Waals surface area contributed by atoms with E-state index in [-0.39, 0.29) is 11.9 Å². The van der Waals surface area contributed by atoms with Crippen molar-refractivity contribution >= 4 is 22.5 Å². The molecule has 0 bridgehead atoms. The Kier molecular flexibility index (Phi) is 3.98. The summed E-state index contributed by atoms with van der Waals surface area (Å²) in [7, 11) is 0. The molecule has 1 fully saturated rings. The fraction of sp³-hybridized carbons (Fsp3) is 0.286. The molecular weight excluding hydrogens is 340 g/mol. The maximum Gasteiger partial charge on any atom is 0.258 e. The fourth-order valence-electron chi connectivity index (χ4n) is 3.61. The highest BCUT2D eigenvalue weighted by Gasteiger charge is 2.32. The van der Waals surface area contributed by atoms with Crippen molar-refractivity contribution in [3.8, 4) is 0 Å². The first-order valence-electron chi connectivity index (χ1n) is 9.24. The minimum atomic E-state index is 0.0432. The Balaban J connectivity index is 1.31. The van der Waals surface area contributed by atoms with E-state index in [4.69, 9.17) is 9.72 Å². The second-order valence-electron chi connectivity index (χ2n) is 7.03. The number of carbonyl (C=O) groups excluding carboxylic acids is 1. The molecule has 0 saturated carbocycles. The Morgan fingerprint density at radius 2 is 2.04 bits per heavy atom. The Bertz CT molecular complexity index is 1020. The van der Waals surface area contributed by atoms with Gasteiger partial charge in [0.15, 0.2) is 0 Å². The maximum atomic E-state index is 12.9. The third-order valence-corrected chi connectivity index (χ3v) is 5.16. The van der Waals surface area contributed by atoms with Crippen LogP contribution in [0.2, 0.25) is 0 Å². The highest BCUT2D eigenvalue weighted by molar-refractivity contribution is 6.03. The predicted molar refractivity (Wildman–Crippen MR) is 103 cm³/mol. The molecule has 0 spiro atoms. The summed E-state index contributed by atoms with van der Waals surface area (Å²) in [6.45, 7) is 2.55. The van der Waals surface area contributed by atoms with Gasteiger partial charge in [-0.05, 0) is 18.2 Å². The van der Waals surface area contributed by atoms with Gasteiger partial charge in [-0.15, -0.1) is 0 Å². The Morgan fingerprint density at radius 3 is 2.89 bits per heavy atom. The Hall–Kier alpha value is -2.99. The summed E-state index contributed by atoms with van der Waals surface area (Å²) >= 11 is 0. The molecule has 0 aliphatic carbocycles. The third-order valence-electron chi connectivity index (χ3n) is 5.16. The molecule has 1 saturated heterocycles. The van der Waals surface area contributed by atoms with E-state index >= 15 is 0 Å². The molecule has 0 atom stereocenters. The minimum absolute atomic E-state index is 0.0432. The first-order valence-corrected chi connectivity index (χ1v) is 9.24. The number of hydrogen-bond acceptors (Lipinski definition) is 5. The number of amides is 1. The van der Waals surface area contributed by atoms with Gasteiger partial charge in [-0.25, -0.2) is 0 Å². The van der Waals surface area contributed by atoms with E-state index < -0.39 is 0 Å². The molecule has 1 amide bonds. The van der Waals surface area contributed by atoms with Crippen LogP contribution >= 0.6 is 0 Å². The molecule has 6 nitrogen and oxygen atoms in total. The lowest BCUT2D eigenvalue weighted by Crippen LogP contribution is -2.40. The zero-order valence-electron chi connectivity index (χ0n) is 14.9. The Morgan fingerprint density at radius 1 is 1.15 bits per heavy atom. The van der Waals surface area contributed by atoms with Gasteiger partial charge in [-0.1, -0.05) is 24.3 Å². The molecule has 2 aliphatic rings. The number of nitrogens with one attached hydrogen (secondary N) is 1. The van der Waals surface area contributed by atoms with E-state index in [1.165, 1.54) is 0 Å². The van der Waals surface area contributed by atoms with Crippen molar-refractivity contribution in [2.24, 2.45) is 0 Å². The zero-order valence-corrected chi connectivity index (χ0v) is 14.9. The molecule has 3 aromatic rings. The van der Waals surface area contributed by atoms with Gasteiger partial charge >= 0.3 is 0 Å². The lowest BCUT2D eigenvalue weighted by atomic mass is 10.1. The maximum absolute atomic E-state index is 12.9. The summed E-state index contributed by atoms with van der Waals surface area (Å²) in [5, 5.41) is 4.53. The summed E-state index contributed by atoms with van der Waals surface area (Å²) in [6.07, 6.45) is 2.49. The number of benzene rings is 1. The van der Waals surface area contributed by atoms with Crippen molar-refractivity contribution in [3.63, 3.8) is 0 Å². The molecular formula is C21H20N4O2. The van der Waals surface area contributed by atoms with E-state index in [1.807, 2.05) is 35.2 Å². The molecule has 1 N–H and O–H groups in total. The smallest absolute Gasteiger partial charge is 0.258 e. The van der Waals surface area contributed by atoms with Gasteiger partial charge in [0.1, 0.15) is 0 Å². The molecule has 0 radical (unpaired) electrons. The third kappa shape index (κ3) is 3.02. The van der Waals surface area contributed by atoms with Crippen LogP contribution in [0.4, 0.5) is 5.69 Å². The molecule has 27 heavy (non-hydrogen) atoms. The van der Waals surface area contributed by atoms with Crippen molar-refractivity contribution in [2.75, 3.05) is 25.1 Å². The number of aromatic nitrogens is 2. The quantitative estimate of drug-likeness (QED) is 0.758. The number of anilines is 1. The number of carbonyl (C=O) groups is 1. The summed E-state index contributed by atoms with van der Waals surface area (Å²) < 4.78 is 5.21. The average molecular weight is 360 g/mol. The van der Waals surface area contributed by atoms with Gasteiger partial charge in [0.05, 0.1) is 48.3 Å². The van der Waals surface area contributed by atoms with E-state index in [0.717, 1.165) is 34.4 Å². The normalized spacial score (nSPS) is 16.4. The minimum Gasteiger partial charge on any atom is -0.377 e. The molecule has 6 heteroatoms. The van der Waals surface area contributed by atoms with E-state index in [2.05, 4.69) is 22.4 Å². The van der Waals surface area contributed by atoms with Gasteiger partial charge in [0, 0.05) is 30.2 Å². The van der Waals surface area contributed by atoms with Crippen molar-refractivity contribution in [2.45, 2.75) is 19.0 Å². The first-order chi connectivity index (χ1) is 13.3. The first kappa shape index (κ1) is 16.2. The molecule has 2 aliphatic heterocycles. The van der Waals surface area contributed by atoms with Gasteiger partial charge in [-0.2, -0.15) is 0 Å². The topological polar surface area (TPSA) is 67.3 Å². The van der Waals surface area contributed by atoms with E-state index in [9.17, 15) is 4.79 Å². The average Bonchev–Trinajstić information content (AvgIpc) is 2.99. The second kappa shape index (κ2) is 6.63. The molecule has 2 aromatic heterocycles. The number of nitrogens with zero attached hydrogens (tertiary/aromatic N) is 3. The van der Waals surface area contributed by atoms with Gasteiger partial charge in [0.25, 0.3) is 5.91 Å². The van der Waals surface area contributed by atoms with Crippen molar-refractivity contribution in [1.82, 2.24) is 14.9 Å². The van der Waals surface area contributed by atoms with E-state index in [1.54, 1.807) is 6.20 Å². The number of hydrogen-bond donors (Lipinski definition) is 1. The summed E-state index contributed by atoms with van der Waals surface area (Å²) in [6, 6.07) is 14.4. The van der Waals surface area contributed by atoms with Crippen LogP contribution < -0.4 is 5.32 Å². The van der Waals surface area contributed by atoms with Crippen LogP contribution in [-0.2, 0) is 17.7 Å².